The van der Waals surface area contributed by atoms with Crippen molar-refractivity contribution in [2.24, 2.45) is 0 Å². The lowest BCUT2D eigenvalue weighted by molar-refractivity contribution is 0.576. The summed E-state index contributed by atoms with van der Waals surface area (Å²) in [4.78, 5) is 3.25. The van der Waals surface area contributed by atoms with Crippen LogP contribution in [0, 0.1) is 0 Å². The average molecular weight is 365 g/mol. The SMILES string of the molecule is CCCCCCCCCCc1ccc(CCCCCCCCCC)s1. The van der Waals surface area contributed by atoms with E-state index in [-0.39, 0.29) is 0 Å². The number of aryl methyl sites for hydroxylation is 2. The van der Waals surface area contributed by atoms with Gasteiger partial charge < -0.3 is 0 Å². The summed E-state index contributed by atoms with van der Waals surface area (Å²) in [5, 5.41) is 0. The molecule has 0 fully saturated rings. The molecular formula is C24H44S. The molecule has 0 saturated heterocycles. The van der Waals surface area contributed by atoms with E-state index in [0.29, 0.717) is 0 Å². The molecule has 0 aliphatic rings. The number of hydrogen-bond acceptors (Lipinski definition) is 1. The lowest BCUT2D eigenvalue weighted by atomic mass is 10.1. The van der Waals surface area contributed by atoms with Crippen molar-refractivity contribution in [2.75, 3.05) is 0 Å². The Bertz CT molecular complexity index is 345. The molecule has 0 aromatic carbocycles. The first-order chi connectivity index (χ1) is 12.4. The van der Waals surface area contributed by atoms with Gasteiger partial charge in [0.25, 0.3) is 0 Å². The Hall–Kier alpha value is -0.300. The van der Waals surface area contributed by atoms with Crippen LogP contribution >= 0.6 is 11.3 Å². The molecule has 1 rings (SSSR count). The minimum Gasteiger partial charge on any atom is -0.145 e. The van der Waals surface area contributed by atoms with Gasteiger partial charge in [-0.1, -0.05) is 104 Å². The molecule has 1 heteroatoms. The number of unbranched alkanes of at least 4 members (excludes halogenated alkanes) is 14. The van der Waals surface area contributed by atoms with Crippen LogP contribution in [0.25, 0.3) is 0 Å². The maximum absolute atomic E-state index is 2.39. The van der Waals surface area contributed by atoms with E-state index >= 15 is 0 Å². The van der Waals surface area contributed by atoms with Crippen molar-refractivity contribution in [1.82, 2.24) is 0 Å². The Morgan fingerprint density at radius 1 is 0.480 bits per heavy atom. The van der Waals surface area contributed by atoms with Crippen LogP contribution < -0.4 is 0 Å². The van der Waals surface area contributed by atoms with Crippen LogP contribution in [0.4, 0.5) is 0 Å². The summed E-state index contributed by atoms with van der Waals surface area (Å²) >= 11 is 2.08. The van der Waals surface area contributed by atoms with Crippen molar-refractivity contribution in [3.8, 4) is 0 Å². The summed E-state index contributed by atoms with van der Waals surface area (Å²) in [7, 11) is 0. The van der Waals surface area contributed by atoms with Crippen molar-refractivity contribution in [3.05, 3.63) is 21.9 Å². The van der Waals surface area contributed by atoms with Crippen molar-refractivity contribution in [3.63, 3.8) is 0 Å². The smallest absolute Gasteiger partial charge is 0.00481 e. The molecule has 0 unspecified atom stereocenters. The first-order valence-corrected chi connectivity index (χ1v) is 12.3. The highest BCUT2D eigenvalue weighted by Crippen LogP contribution is 2.22. The van der Waals surface area contributed by atoms with Crippen molar-refractivity contribution >= 4 is 11.3 Å². The van der Waals surface area contributed by atoms with Crippen LogP contribution in [0.2, 0.25) is 0 Å². The Morgan fingerprint density at radius 3 is 1.16 bits per heavy atom. The molecule has 1 heterocycles. The van der Waals surface area contributed by atoms with Crippen LogP contribution in [-0.4, -0.2) is 0 Å². The van der Waals surface area contributed by atoms with Gasteiger partial charge in [0.1, 0.15) is 0 Å². The molecule has 1 aromatic heterocycles. The summed E-state index contributed by atoms with van der Waals surface area (Å²) in [6, 6.07) is 4.79. The van der Waals surface area contributed by atoms with Crippen molar-refractivity contribution < 1.29 is 0 Å². The molecule has 25 heavy (non-hydrogen) atoms. The van der Waals surface area contributed by atoms with Gasteiger partial charge in [0.2, 0.25) is 0 Å². The Morgan fingerprint density at radius 2 is 0.800 bits per heavy atom. The molecule has 0 bridgehead atoms. The fraction of sp³-hybridized carbons (Fsp3) is 0.833. The third-order valence-electron chi connectivity index (χ3n) is 5.27. The third-order valence-corrected chi connectivity index (χ3v) is 6.48. The first kappa shape index (κ1) is 22.7. The summed E-state index contributed by atoms with van der Waals surface area (Å²) < 4.78 is 0. The van der Waals surface area contributed by atoms with Crippen LogP contribution in [0.15, 0.2) is 12.1 Å². The predicted octanol–water partition coefficient (Wildman–Crippen LogP) is 9.11. The van der Waals surface area contributed by atoms with E-state index in [2.05, 4.69) is 37.3 Å². The van der Waals surface area contributed by atoms with Crippen LogP contribution in [0.5, 0.6) is 0 Å². The van der Waals surface area contributed by atoms with Gasteiger partial charge in [0.15, 0.2) is 0 Å². The first-order valence-electron chi connectivity index (χ1n) is 11.4. The monoisotopic (exact) mass is 364 g/mol. The van der Waals surface area contributed by atoms with E-state index in [0.717, 1.165) is 0 Å². The quantitative estimate of drug-likeness (QED) is 0.228. The highest BCUT2D eigenvalue weighted by molar-refractivity contribution is 7.11. The summed E-state index contributed by atoms with van der Waals surface area (Å²) in [5.41, 5.74) is 0. The molecule has 0 saturated carbocycles. The van der Waals surface area contributed by atoms with Gasteiger partial charge in [-0.05, 0) is 37.8 Å². The molecule has 0 spiro atoms. The standard InChI is InChI=1S/C24H44S/c1-3-5-7-9-11-13-15-17-19-23-21-22-24(25-23)20-18-16-14-12-10-8-6-4-2/h21-22H,3-20H2,1-2H3. The fourth-order valence-corrected chi connectivity index (χ4v) is 4.66. The third kappa shape index (κ3) is 13.5. The maximum atomic E-state index is 2.39. The normalized spacial score (nSPS) is 11.3. The van der Waals surface area contributed by atoms with Gasteiger partial charge in [-0.2, -0.15) is 0 Å². The fourth-order valence-electron chi connectivity index (χ4n) is 3.56. The average Bonchev–Trinajstić information content (AvgIpc) is 3.07. The van der Waals surface area contributed by atoms with Gasteiger partial charge in [0, 0.05) is 9.75 Å². The zero-order chi connectivity index (χ0) is 18.0. The van der Waals surface area contributed by atoms with Crippen LogP contribution in [0.3, 0.4) is 0 Å². The number of hydrogen-bond donors (Lipinski definition) is 0. The summed E-state index contributed by atoms with van der Waals surface area (Å²) in [6.07, 6.45) is 25.5. The summed E-state index contributed by atoms with van der Waals surface area (Å²) in [5.74, 6) is 0. The lowest BCUT2D eigenvalue weighted by Gasteiger charge is -2.01. The molecule has 0 N–H and O–H groups in total. The Kier molecular flexibility index (Phi) is 15.6. The molecule has 146 valence electrons. The van der Waals surface area contributed by atoms with Crippen LogP contribution in [0.1, 0.15) is 126 Å². The van der Waals surface area contributed by atoms with E-state index < -0.39 is 0 Å². The maximum Gasteiger partial charge on any atom is 0.00481 e. The van der Waals surface area contributed by atoms with Crippen molar-refractivity contribution in [2.45, 2.75) is 129 Å². The molecule has 1 aromatic rings. The van der Waals surface area contributed by atoms with Gasteiger partial charge in [-0.3, -0.25) is 0 Å². The number of thiophene rings is 1. The molecular weight excluding hydrogens is 320 g/mol. The second kappa shape index (κ2) is 17.1. The molecule has 0 aliphatic carbocycles. The van der Waals surface area contributed by atoms with E-state index in [1.165, 1.54) is 116 Å². The largest absolute Gasteiger partial charge is 0.145 e. The van der Waals surface area contributed by atoms with Gasteiger partial charge in [-0.15, -0.1) is 11.3 Å². The molecule has 0 nitrogen and oxygen atoms in total. The highest BCUT2D eigenvalue weighted by Gasteiger charge is 2.01. The minimum absolute atomic E-state index is 1.32. The second-order valence-corrected chi connectivity index (χ2v) is 9.07. The van der Waals surface area contributed by atoms with E-state index in [1.807, 2.05) is 0 Å². The number of rotatable bonds is 18. The molecule has 0 radical (unpaired) electrons. The zero-order valence-corrected chi connectivity index (χ0v) is 18.1. The van der Waals surface area contributed by atoms with E-state index in [4.69, 9.17) is 0 Å². The summed E-state index contributed by atoms with van der Waals surface area (Å²) in [6.45, 7) is 4.59. The van der Waals surface area contributed by atoms with Crippen LogP contribution in [-0.2, 0) is 12.8 Å². The minimum atomic E-state index is 1.32. The van der Waals surface area contributed by atoms with E-state index in [9.17, 15) is 0 Å². The van der Waals surface area contributed by atoms with Gasteiger partial charge in [0.05, 0.1) is 0 Å². The second-order valence-electron chi connectivity index (χ2n) is 7.82. The zero-order valence-electron chi connectivity index (χ0n) is 17.3. The lowest BCUT2D eigenvalue weighted by Crippen LogP contribution is -1.84. The topological polar surface area (TPSA) is 0 Å². The molecule has 0 amide bonds. The van der Waals surface area contributed by atoms with E-state index in [1.54, 1.807) is 9.75 Å². The molecule has 0 aliphatic heterocycles. The molecule has 0 atom stereocenters. The predicted molar refractivity (Wildman–Crippen MR) is 117 cm³/mol. The Balaban J connectivity index is 1.93. The van der Waals surface area contributed by atoms with Crippen molar-refractivity contribution in [1.29, 1.82) is 0 Å². The Labute approximate surface area is 162 Å². The van der Waals surface area contributed by atoms with Gasteiger partial charge in [-0.25, -0.2) is 0 Å². The van der Waals surface area contributed by atoms with Gasteiger partial charge >= 0.3 is 0 Å². The highest BCUT2D eigenvalue weighted by atomic mass is 32.1.